The van der Waals surface area contributed by atoms with Gasteiger partial charge in [-0.2, -0.15) is 0 Å². The molecule has 1 heterocycles. The summed E-state index contributed by atoms with van der Waals surface area (Å²) in [5, 5.41) is 2.41. The number of carbonyl (C=O) groups excluding carboxylic acids is 1. The van der Waals surface area contributed by atoms with Crippen LogP contribution in [0, 0.1) is 18.6 Å². The lowest BCUT2D eigenvalue weighted by Gasteiger charge is -2.20. The molecule has 0 aliphatic carbocycles. The SMILES string of the molecule is Cc1ccc(S(=O)(=O)N2CCc3cc(C(=O)Nc4ccc(F)cc4F)ccc32)cc1. The molecule has 0 aromatic heterocycles. The van der Waals surface area contributed by atoms with Gasteiger partial charge < -0.3 is 5.32 Å². The molecule has 1 amide bonds. The molecule has 3 aromatic rings. The zero-order valence-corrected chi connectivity index (χ0v) is 16.8. The molecule has 1 aliphatic heterocycles. The fourth-order valence-corrected chi connectivity index (χ4v) is 4.89. The molecule has 154 valence electrons. The van der Waals surface area contributed by atoms with Gasteiger partial charge in [-0.1, -0.05) is 17.7 Å². The van der Waals surface area contributed by atoms with Gasteiger partial charge in [0.2, 0.25) is 0 Å². The number of hydrogen-bond donors (Lipinski definition) is 1. The average molecular weight is 428 g/mol. The summed E-state index contributed by atoms with van der Waals surface area (Å²) >= 11 is 0. The van der Waals surface area contributed by atoms with Crippen molar-refractivity contribution in [2.24, 2.45) is 0 Å². The van der Waals surface area contributed by atoms with Crippen molar-refractivity contribution < 1.29 is 22.0 Å². The summed E-state index contributed by atoms with van der Waals surface area (Å²) in [5.41, 5.74) is 2.31. The minimum Gasteiger partial charge on any atom is -0.319 e. The first-order valence-corrected chi connectivity index (χ1v) is 10.7. The van der Waals surface area contributed by atoms with E-state index in [4.69, 9.17) is 0 Å². The Morgan fingerprint density at radius 3 is 2.43 bits per heavy atom. The molecule has 0 atom stereocenters. The highest BCUT2D eigenvalue weighted by atomic mass is 32.2. The summed E-state index contributed by atoms with van der Waals surface area (Å²) < 4.78 is 54.2. The number of hydrogen-bond acceptors (Lipinski definition) is 3. The summed E-state index contributed by atoms with van der Waals surface area (Å²) in [6.45, 7) is 2.15. The fourth-order valence-electron chi connectivity index (χ4n) is 3.39. The van der Waals surface area contributed by atoms with Crippen LogP contribution in [-0.4, -0.2) is 20.9 Å². The molecule has 0 saturated heterocycles. The second kappa shape index (κ2) is 7.53. The van der Waals surface area contributed by atoms with E-state index < -0.39 is 27.6 Å². The van der Waals surface area contributed by atoms with Gasteiger partial charge in [-0.05, 0) is 61.4 Å². The number of rotatable bonds is 4. The quantitative estimate of drug-likeness (QED) is 0.675. The minimum atomic E-state index is -3.71. The van der Waals surface area contributed by atoms with Crippen molar-refractivity contribution in [1.29, 1.82) is 0 Å². The number of fused-ring (bicyclic) bond motifs is 1. The van der Waals surface area contributed by atoms with E-state index >= 15 is 0 Å². The Morgan fingerprint density at radius 1 is 1.00 bits per heavy atom. The normalized spacial score (nSPS) is 13.2. The third-order valence-electron chi connectivity index (χ3n) is 4.98. The second-order valence-electron chi connectivity index (χ2n) is 7.06. The van der Waals surface area contributed by atoms with E-state index in [0.29, 0.717) is 23.7 Å². The third kappa shape index (κ3) is 3.66. The van der Waals surface area contributed by atoms with Gasteiger partial charge in [0.25, 0.3) is 15.9 Å². The Labute approximate surface area is 173 Å². The average Bonchev–Trinajstić information content (AvgIpc) is 3.14. The summed E-state index contributed by atoms with van der Waals surface area (Å²) in [5.74, 6) is -2.18. The molecule has 3 aromatic carbocycles. The van der Waals surface area contributed by atoms with Crippen LogP contribution < -0.4 is 9.62 Å². The fraction of sp³-hybridized carbons (Fsp3) is 0.136. The number of carbonyl (C=O) groups is 1. The van der Waals surface area contributed by atoms with E-state index in [2.05, 4.69) is 5.32 Å². The van der Waals surface area contributed by atoms with Gasteiger partial charge in [0.15, 0.2) is 0 Å². The maximum Gasteiger partial charge on any atom is 0.264 e. The van der Waals surface area contributed by atoms with Crippen LogP contribution in [0.2, 0.25) is 0 Å². The first-order valence-electron chi connectivity index (χ1n) is 9.24. The highest BCUT2D eigenvalue weighted by Gasteiger charge is 2.31. The minimum absolute atomic E-state index is 0.134. The predicted molar refractivity (Wildman–Crippen MR) is 110 cm³/mol. The van der Waals surface area contributed by atoms with E-state index in [-0.39, 0.29) is 22.7 Å². The molecule has 1 aliphatic rings. The first-order chi connectivity index (χ1) is 14.3. The monoisotopic (exact) mass is 428 g/mol. The van der Waals surface area contributed by atoms with Gasteiger partial charge in [0, 0.05) is 18.2 Å². The van der Waals surface area contributed by atoms with Crippen LogP contribution >= 0.6 is 0 Å². The molecule has 1 N–H and O–H groups in total. The van der Waals surface area contributed by atoms with Gasteiger partial charge in [0.05, 0.1) is 16.3 Å². The van der Waals surface area contributed by atoms with Crippen molar-refractivity contribution in [3.05, 3.63) is 89.0 Å². The number of nitrogens with one attached hydrogen (secondary N) is 1. The van der Waals surface area contributed by atoms with Crippen molar-refractivity contribution in [3.63, 3.8) is 0 Å². The van der Waals surface area contributed by atoms with Gasteiger partial charge in [-0.3, -0.25) is 9.10 Å². The molecule has 30 heavy (non-hydrogen) atoms. The maximum atomic E-state index is 13.8. The van der Waals surface area contributed by atoms with Crippen LogP contribution in [0.4, 0.5) is 20.2 Å². The highest BCUT2D eigenvalue weighted by molar-refractivity contribution is 7.92. The number of aryl methyl sites for hydroxylation is 1. The molecule has 0 saturated carbocycles. The number of sulfonamides is 1. The lowest BCUT2D eigenvalue weighted by Crippen LogP contribution is -2.29. The smallest absolute Gasteiger partial charge is 0.264 e. The van der Waals surface area contributed by atoms with Crippen molar-refractivity contribution in [3.8, 4) is 0 Å². The number of nitrogens with zero attached hydrogens (tertiary/aromatic N) is 1. The molecule has 0 bridgehead atoms. The van der Waals surface area contributed by atoms with Crippen LogP contribution in [-0.2, 0) is 16.4 Å². The molecule has 5 nitrogen and oxygen atoms in total. The Hall–Kier alpha value is -3.26. The van der Waals surface area contributed by atoms with Crippen LogP contribution in [0.15, 0.2) is 65.6 Å². The Morgan fingerprint density at radius 2 is 1.73 bits per heavy atom. The van der Waals surface area contributed by atoms with Crippen LogP contribution in [0.3, 0.4) is 0 Å². The summed E-state index contributed by atoms with van der Waals surface area (Å²) in [4.78, 5) is 12.7. The molecule has 8 heteroatoms. The molecular weight excluding hydrogens is 410 g/mol. The van der Waals surface area contributed by atoms with Crippen molar-refractivity contribution >= 4 is 27.3 Å². The Balaban J connectivity index is 1.59. The Bertz CT molecular complexity index is 1240. The lowest BCUT2D eigenvalue weighted by atomic mass is 10.1. The largest absolute Gasteiger partial charge is 0.319 e. The zero-order valence-electron chi connectivity index (χ0n) is 16.0. The summed E-state index contributed by atoms with van der Waals surface area (Å²) in [6.07, 6.45) is 0.451. The maximum absolute atomic E-state index is 13.8. The molecule has 0 radical (unpaired) electrons. The summed E-state index contributed by atoms with van der Waals surface area (Å²) in [6, 6.07) is 14.2. The third-order valence-corrected chi connectivity index (χ3v) is 6.81. The van der Waals surface area contributed by atoms with Crippen molar-refractivity contribution in [2.45, 2.75) is 18.2 Å². The number of halogens is 2. The molecule has 0 spiro atoms. The molecular formula is C22H18F2N2O3S. The van der Waals surface area contributed by atoms with E-state index in [1.807, 2.05) is 6.92 Å². The standard InChI is InChI=1S/C22H18F2N2O3S/c1-14-2-6-18(7-3-14)30(28,29)26-11-10-15-12-16(4-9-21(15)26)22(27)25-20-8-5-17(23)13-19(20)24/h2-9,12-13H,10-11H2,1H3,(H,25,27). The van der Waals surface area contributed by atoms with E-state index in [9.17, 15) is 22.0 Å². The van der Waals surface area contributed by atoms with E-state index in [0.717, 1.165) is 17.7 Å². The van der Waals surface area contributed by atoms with Gasteiger partial charge in [-0.25, -0.2) is 17.2 Å². The van der Waals surface area contributed by atoms with E-state index in [1.54, 1.807) is 36.4 Å². The Kier molecular flexibility index (Phi) is 5.03. The number of benzene rings is 3. The molecule has 4 rings (SSSR count). The highest BCUT2D eigenvalue weighted by Crippen LogP contribution is 2.34. The van der Waals surface area contributed by atoms with Gasteiger partial charge in [-0.15, -0.1) is 0 Å². The lowest BCUT2D eigenvalue weighted by molar-refractivity contribution is 0.102. The number of amides is 1. The number of anilines is 2. The van der Waals surface area contributed by atoms with Crippen LogP contribution in [0.1, 0.15) is 21.5 Å². The van der Waals surface area contributed by atoms with Gasteiger partial charge >= 0.3 is 0 Å². The van der Waals surface area contributed by atoms with Crippen LogP contribution in [0.5, 0.6) is 0 Å². The van der Waals surface area contributed by atoms with E-state index in [1.165, 1.54) is 10.4 Å². The van der Waals surface area contributed by atoms with Crippen LogP contribution in [0.25, 0.3) is 0 Å². The van der Waals surface area contributed by atoms with Gasteiger partial charge in [0.1, 0.15) is 11.6 Å². The zero-order chi connectivity index (χ0) is 21.5. The predicted octanol–water partition coefficient (Wildman–Crippen LogP) is 4.28. The van der Waals surface area contributed by atoms with Crippen molar-refractivity contribution in [2.75, 3.05) is 16.2 Å². The topological polar surface area (TPSA) is 66.5 Å². The second-order valence-corrected chi connectivity index (χ2v) is 8.92. The first kappa shape index (κ1) is 20.0. The summed E-state index contributed by atoms with van der Waals surface area (Å²) in [7, 11) is -3.71. The molecule has 0 unspecified atom stereocenters. The van der Waals surface area contributed by atoms with Crippen molar-refractivity contribution in [1.82, 2.24) is 0 Å². The molecule has 0 fully saturated rings.